The van der Waals surface area contributed by atoms with Gasteiger partial charge >= 0.3 is 0 Å². The van der Waals surface area contributed by atoms with Crippen LogP contribution in [-0.4, -0.2) is 66.3 Å². The molecule has 1 aromatic carbocycles. The molecule has 4 atom stereocenters. The Morgan fingerprint density at radius 1 is 1.07 bits per heavy atom. The third kappa shape index (κ3) is 4.78. The number of carbonyl (C=O) groups excluding carboxylic acids is 3. The molecule has 1 aliphatic heterocycles. The summed E-state index contributed by atoms with van der Waals surface area (Å²) in [5.41, 5.74) is 3.13. The number of nitrogens with one attached hydrogen (secondary N) is 1. The van der Waals surface area contributed by atoms with Crippen molar-refractivity contribution in [2.45, 2.75) is 96.8 Å². The molecule has 0 spiro atoms. The zero-order valence-electron chi connectivity index (χ0n) is 23.7. The van der Waals surface area contributed by atoms with Gasteiger partial charge in [-0.3, -0.25) is 19.1 Å². The molecule has 1 saturated heterocycles. The Kier molecular flexibility index (Phi) is 6.46. The second-order valence-electron chi connectivity index (χ2n) is 12.2. The number of hydrogen-bond donors (Lipinski definition) is 1. The number of aromatic nitrogens is 4. The molecular weight excluding hydrogens is 530 g/mol. The maximum absolute atomic E-state index is 14.5. The number of aryl methyl sites for hydroxylation is 2. The minimum atomic E-state index is -2.95. The highest BCUT2D eigenvalue weighted by atomic mass is 19.3. The van der Waals surface area contributed by atoms with Gasteiger partial charge in [-0.05, 0) is 68.2 Å². The lowest BCUT2D eigenvalue weighted by Crippen LogP contribution is -2.55. The van der Waals surface area contributed by atoms with Crippen LogP contribution in [0.15, 0.2) is 24.5 Å². The van der Waals surface area contributed by atoms with E-state index in [2.05, 4.69) is 20.4 Å². The van der Waals surface area contributed by atoms with E-state index in [9.17, 15) is 23.2 Å². The zero-order valence-corrected chi connectivity index (χ0v) is 23.7. The van der Waals surface area contributed by atoms with E-state index in [1.165, 1.54) is 11.6 Å². The van der Waals surface area contributed by atoms with E-state index in [1.807, 2.05) is 26.0 Å². The Hall–Kier alpha value is -3.76. The Balaban J connectivity index is 1.29. The molecule has 2 aromatic heterocycles. The Bertz CT molecular complexity index is 1570. The Labute approximate surface area is 236 Å². The van der Waals surface area contributed by atoms with E-state index < -0.39 is 23.9 Å². The lowest BCUT2D eigenvalue weighted by Gasteiger charge is -2.34. The highest BCUT2D eigenvalue weighted by molar-refractivity contribution is 6.07. The number of likely N-dealkylation sites (tertiary alicyclic amines) is 1. The summed E-state index contributed by atoms with van der Waals surface area (Å²) in [5, 5.41) is 7.74. The average Bonchev–Trinajstić information content (AvgIpc) is 3.26. The number of fused-ring (bicyclic) bond motifs is 2. The number of carbonyl (C=O) groups is 3. The molecule has 9 nitrogen and oxygen atoms in total. The van der Waals surface area contributed by atoms with Gasteiger partial charge in [0, 0.05) is 42.7 Å². The molecule has 3 fully saturated rings. The molecule has 41 heavy (non-hydrogen) atoms. The molecule has 0 unspecified atom stereocenters. The number of halogens is 2. The third-order valence-electron chi connectivity index (χ3n) is 9.07. The molecule has 3 heterocycles. The molecule has 1 N–H and O–H groups in total. The standard InChI is InChI=1S/C30H34F2N6O3/c1-16-9-19(20-13-33-18(3)34-14-20)10-21-26(17(2)39)36-37(27(16)21)15-25(40)38-22(11-29(4)12-24(29)38)28(41)35-23-7-5-6-8-30(23,31)32/h9-10,13-14,22-24H,5-8,11-12,15H2,1-4H3,(H,35,41)/t22-,23+,24+,29-/m0/s1. The van der Waals surface area contributed by atoms with Crippen LogP contribution in [0.5, 0.6) is 0 Å². The van der Waals surface area contributed by atoms with E-state index in [4.69, 9.17) is 0 Å². The van der Waals surface area contributed by atoms with Crippen molar-refractivity contribution in [3.05, 3.63) is 41.6 Å². The first-order chi connectivity index (χ1) is 19.4. The summed E-state index contributed by atoms with van der Waals surface area (Å²) in [4.78, 5) is 49.8. The summed E-state index contributed by atoms with van der Waals surface area (Å²) in [6.07, 6.45) is 5.70. The lowest BCUT2D eigenvalue weighted by molar-refractivity contribution is -0.142. The number of alkyl halides is 2. The van der Waals surface area contributed by atoms with Crippen LogP contribution in [0, 0.1) is 19.3 Å². The van der Waals surface area contributed by atoms with E-state index in [0.717, 1.165) is 23.1 Å². The quantitative estimate of drug-likeness (QED) is 0.445. The molecule has 6 rings (SSSR count). The van der Waals surface area contributed by atoms with Crippen molar-refractivity contribution in [3.8, 4) is 11.1 Å². The Morgan fingerprint density at radius 3 is 2.49 bits per heavy atom. The number of benzene rings is 1. The second-order valence-corrected chi connectivity index (χ2v) is 12.2. The van der Waals surface area contributed by atoms with E-state index >= 15 is 0 Å². The zero-order chi connectivity index (χ0) is 29.3. The number of ketones is 1. The molecule has 3 aliphatic rings. The largest absolute Gasteiger partial charge is 0.346 e. The van der Waals surface area contributed by atoms with Crippen LogP contribution in [0.2, 0.25) is 0 Å². The summed E-state index contributed by atoms with van der Waals surface area (Å²) in [6.45, 7) is 6.98. The highest BCUT2D eigenvalue weighted by Crippen LogP contribution is 2.59. The number of amides is 2. The number of Topliss-reactive ketones (excluding diaryl/α,β-unsaturated/α-hetero) is 1. The van der Waals surface area contributed by atoms with Crippen LogP contribution in [0.25, 0.3) is 22.0 Å². The van der Waals surface area contributed by atoms with Gasteiger partial charge in [0.25, 0.3) is 5.92 Å². The molecule has 2 aliphatic carbocycles. The Morgan fingerprint density at radius 2 is 1.80 bits per heavy atom. The van der Waals surface area contributed by atoms with E-state index in [-0.39, 0.29) is 48.2 Å². The van der Waals surface area contributed by atoms with Crippen molar-refractivity contribution in [1.82, 2.24) is 30.0 Å². The van der Waals surface area contributed by atoms with Gasteiger partial charge in [0.2, 0.25) is 11.8 Å². The van der Waals surface area contributed by atoms with E-state index in [1.54, 1.807) is 24.2 Å². The lowest BCUT2D eigenvalue weighted by atomic mass is 9.91. The molecule has 2 saturated carbocycles. The maximum Gasteiger partial charge on any atom is 0.267 e. The van der Waals surface area contributed by atoms with Crippen LogP contribution >= 0.6 is 0 Å². The van der Waals surface area contributed by atoms with Crippen LogP contribution in [-0.2, 0) is 16.1 Å². The first kappa shape index (κ1) is 27.4. The predicted octanol–water partition coefficient (Wildman–Crippen LogP) is 4.39. The summed E-state index contributed by atoms with van der Waals surface area (Å²) in [6, 6.07) is 1.65. The number of nitrogens with zero attached hydrogens (tertiary/aromatic N) is 5. The highest BCUT2D eigenvalue weighted by Gasteiger charge is 2.64. The van der Waals surface area contributed by atoms with Crippen LogP contribution < -0.4 is 5.32 Å². The third-order valence-corrected chi connectivity index (χ3v) is 9.07. The normalized spacial score (nSPS) is 26.6. The minimum Gasteiger partial charge on any atom is -0.346 e. The van der Waals surface area contributed by atoms with Gasteiger partial charge in [-0.15, -0.1) is 0 Å². The summed E-state index contributed by atoms with van der Waals surface area (Å²) >= 11 is 0. The van der Waals surface area contributed by atoms with Crippen molar-refractivity contribution in [2.75, 3.05) is 0 Å². The summed E-state index contributed by atoms with van der Waals surface area (Å²) in [5.74, 6) is -3.38. The fraction of sp³-hybridized carbons (Fsp3) is 0.533. The van der Waals surface area contributed by atoms with Crippen molar-refractivity contribution in [1.29, 1.82) is 0 Å². The number of rotatable bonds is 6. The molecule has 11 heteroatoms. The van der Waals surface area contributed by atoms with Crippen LogP contribution in [0.3, 0.4) is 0 Å². The number of hydrogen-bond acceptors (Lipinski definition) is 6. The van der Waals surface area contributed by atoms with Gasteiger partial charge in [-0.1, -0.05) is 13.3 Å². The van der Waals surface area contributed by atoms with Crippen molar-refractivity contribution < 1.29 is 23.2 Å². The van der Waals surface area contributed by atoms with Crippen molar-refractivity contribution in [2.24, 2.45) is 5.41 Å². The molecular formula is C30H34F2N6O3. The van der Waals surface area contributed by atoms with Gasteiger partial charge in [-0.25, -0.2) is 18.7 Å². The average molecular weight is 565 g/mol. The van der Waals surface area contributed by atoms with Crippen LogP contribution in [0.4, 0.5) is 8.78 Å². The first-order valence-corrected chi connectivity index (χ1v) is 14.2. The van der Waals surface area contributed by atoms with Gasteiger partial charge in [0.15, 0.2) is 5.78 Å². The molecule has 3 aromatic rings. The summed E-state index contributed by atoms with van der Waals surface area (Å²) < 4.78 is 30.5. The fourth-order valence-corrected chi connectivity index (χ4v) is 6.72. The number of piperidine rings is 1. The predicted molar refractivity (Wildman–Crippen MR) is 147 cm³/mol. The molecule has 0 radical (unpaired) electrons. The van der Waals surface area contributed by atoms with E-state index in [0.29, 0.717) is 36.0 Å². The van der Waals surface area contributed by atoms with Gasteiger partial charge in [0.1, 0.15) is 24.1 Å². The van der Waals surface area contributed by atoms with Crippen molar-refractivity contribution >= 4 is 28.5 Å². The van der Waals surface area contributed by atoms with Crippen LogP contribution in [0.1, 0.15) is 74.2 Å². The monoisotopic (exact) mass is 564 g/mol. The molecule has 216 valence electrons. The molecule has 2 amide bonds. The molecule has 0 bridgehead atoms. The maximum atomic E-state index is 14.5. The van der Waals surface area contributed by atoms with Crippen molar-refractivity contribution in [3.63, 3.8) is 0 Å². The SMILES string of the molecule is CC(=O)c1nn(CC(=O)N2[C@H](C(=O)N[C@@H]3CCCCC3(F)F)C[C@@]3(C)C[C@@H]23)c2c(C)cc(-c3cnc(C)nc3)cc12. The topological polar surface area (TPSA) is 110 Å². The van der Waals surface area contributed by atoms with Gasteiger partial charge < -0.3 is 10.2 Å². The summed E-state index contributed by atoms with van der Waals surface area (Å²) in [7, 11) is 0. The van der Waals surface area contributed by atoms with Gasteiger partial charge in [-0.2, -0.15) is 5.10 Å². The smallest absolute Gasteiger partial charge is 0.267 e. The fourth-order valence-electron chi connectivity index (χ4n) is 6.72. The second kappa shape index (κ2) is 9.66. The van der Waals surface area contributed by atoms with Gasteiger partial charge in [0.05, 0.1) is 11.6 Å². The first-order valence-electron chi connectivity index (χ1n) is 14.2. The minimum absolute atomic E-state index is 0.124.